The highest BCUT2D eigenvalue weighted by Gasteiger charge is 2.30. The minimum Gasteiger partial charge on any atom is -0.507 e. The molecule has 320 valence electrons. The third kappa shape index (κ3) is 8.61. The first-order chi connectivity index (χ1) is 38.3. The first-order valence-corrected chi connectivity index (χ1v) is 20.6. The normalized spacial score (nSPS) is 18.9. The van der Waals surface area contributed by atoms with Crippen LogP contribution in [0.2, 0.25) is 0 Å². The number of hydrogen-bond donors (Lipinski definition) is 1. The summed E-state index contributed by atoms with van der Waals surface area (Å²) in [5.41, 5.74) is -5.10. The lowest BCUT2D eigenvalue weighted by Gasteiger charge is -2.28. The molecule has 6 aromatic carbocycles. The number of rotatable bonds is 6. The molecule has 8 rings (SSSR count). The molecular formula is C59H63N3O. The largest absolute Gasteiger partial charge is 0.507 e. The maximum absolute atomic E-state index is 13.0. The Morgan fingerprint density at radius 1 is 0.508 bits per heavy atom. The van der Waals surface area contributed by atoms with E-state index in [-0.39, 0.29) is 22.7 Å². The van der Waals surface area contributed by atoms with Gasteiger partial charge in [0.1, 0.15) is 11.6 Å². The van der Waals surface area contributed by atoms with Gasteiger partial charge in [0.25, 0.3) is 0 Å². The Bertz CT molecular complexity index is 3700. The van der Waals surface area contributed by atoms with E-state index in [9.17, 15) is 5.11 Å². The van der Waals surface area contributed by atoms with Crippen LogP contribution in [0.5, 0.6) is 5.75 Å². The van der Waals surface area contributed by atoms with E-state index in [4.69, 9.17) is 38.8 Å². The Morgan fingerprint density at radius 2 is 1.22 bits per heavy atom. The van der Waals surface area contributed by atoms with Gasteiger partial charge in [-0.15, -0.1) is 0 Å². The number of hydrogen-bond acceptors (Lipinski definition) is 3. The molecule has 2 aromatic heterocycles. The fraction of sp³-hybridized carbons (Fsp3) is 0.288. The maximum atomic E-state index is 13.0. The first-order valence-electron chi connectivity index (χ1n) is 31.1. The summed E-state index contributed by atoms with van der Waals surface area (Å²) in [6.07, 6.45) is 1.63. The molecule has 0 aliphatic heterocycles. The van der Waals surface area contributed by atoms with Crippen molar-refractivity contribution in [1.82, 2.24) is 14.5 Å². The molecule has 0 saturated heterocycles. The third-order valence-electron chi connectivity index (χ3n) is 11.4. The van der Waals surface area contributed by atoms with Gasteiger partial charge in [-0.1, -0.05) is 173 Å². The van der Waals surface area contributed by atoms with Gasteiger partial charge in [-0.05, 0) is 122 Å². The van der Waals surface area contributed by atoms with Crippen molar-refractivity contribution in [2.75, 3.05) is 0 Å². The quantitative estimate of drug-likeness (QED) is 0.181. The zero-order chi connectivity index (χ0) is 62.7. The van der Waals surface area contributed by atoms with Gasteiger partial charge in [0.2, 0.25) is 0 Å². The number of nitrogens with zero attached hydrogens (tertiary/aromatic N) is 3. The number of benzene rings is 6. The number of aromatic nitrogens is 3. The Hall–Kier alpha value is -6.26. The molecular weight excluding hydrogens is 767 g/mol. The highest BCUT2D eigenvalue weighted by atomic mass is 16.3. The standard InChI is InChI=1S/C59H63N3O/c1-37-22-24-38(25-23-37)40-28-29-60-51(33-40)42-30-41(31-43(32-42)56(2,3)4)47-20-17-21-52-53(47)61-55(48-34-44(57(5,6)7)35-50(54(48)63)59(11,12)13)62(52)45-26-27-46(39-18-15-14-16-19-39)49(36-45)58(8,9)10/h14-36,63H,1-13H3/i1D3,5D3,6D3,7D3,11D3,12D3,13D3. The van der Waals surface area contributed by atoms with Gasteiger partial charge in [0, 0.05) is 57.4 Å². The fourth-order valence-electron chi connectivity index (χ4n) is 8.04. The van der Waals surface area contributed by atoms with Crippen LogP contribution in [-0.2, 0) is 21.7 Å². The Morgan fingerprint density at radius 3 is 1.90 bits per heavy atom. The number of phenols is 1. The van der Waals surface area contributed by atoms with Crippen LogP contribution >= 0.6 is 0 Å². The minimum absolute atomic E-state index is 0.152. The van der Waals surface area contributed by atoms with Crippen LogP contribution in [0.25, 0.3) is 72.7 Å². The van der Waals surface area contributed by atoms with Gasteiger partial charge in [0.05, 0.1) is 22.3 Å². The van der Waals surface area contributed by atoms with Gasteiger partial charge in [-0.25, -0.2) is 4.98 Å². The maximum Gasteiger partial charge on any atom is 0.149 e. The fourth-order valence-corrected chi connectivity index (χ4v) is 8.04. The summed E-state index contributed by atoms with van der Waals surface area (Å²) in [6, 6.07) is 36.9. The second-order valence-electron chi connectivity index (χ2n) is 18.3. The zero-order valence-electron chi connectivity index (χ0n) is 57.1. The molecule has 0 unspecified atom stereocenters. The van der Waals surface area contributed by atoms with Crippen LogP contribution in [0.4, 0.5) is 0 Å². The van der Waals surface area contributed by atoms with Crippen molar-refractivity contribution >= 4 is 11.0 Å². The Balaban J connectivity index is 1.57. The van der Waals surface area contributed by atoms with Crippen LogP contribution in [0.15, 0.2) is 140 Å². The molecule has 0 spiro atoms. The topological polar surface area (TPSA) is 50.9 Å². The molecule has 0 atom stereocenters. The average Bonchev–Trinajstić information content (AvgIpc) is 0.834. The highest BCUT2D eigenvalue weighted by Crippen LogP contribution is 2.46. The number of pyridine rings is 1. The zero-order valence-corrected chi connectivity index (χ0v) is 36.1. The van der Waals surface area contributed by atoms with E-state index < -0.39 is 97.9 Å². The summed E-state index contributed by atoms with van der Waals surface area (Å²) >= 11 is 0. The number of aromatic hydroxyl groups is 1. The first kappa shape index (κ1) is 24.5. The van der Waals surface area contributed by atoms with E-state index in [0.29, 0.717) is 34.1 Å². The SMILES string of the molecule is [2H]C([2H])([2H])c1ccc(-c2ccnc(-c3cc(-c4cccc5c4nc(-c4cc(C(C([2H])([2H])[2H])(C([2H])([2H])[2H])C([2H])([2H])[2H])cc(C(C([2H])([2H])[2H])(C([2H])([2H])[2H])C([2H])([2H])[2H])c4O)n5-c4ccc(-c5ccccc5)c(C(C)(C)C)c4)cc(C(C)(C)C)c3)c2)cc1. The summed E-state index contributed by atoms with van der Waals surface area (Å²) in [5.74, 6) is -1.80. The molecule has 0 bridgehead atoms. The van der Waals surface area contributed by atoms with Crippen molar-refractivity contribution in [1.29, 1.82) is 0 Å². The van der Waals surface area contributed by atoms with E-state index in [1.807, 2.05) is 108 Å². The third-order valence-corrected chi connectivity index (χ3v) is 11.4. The molecule has 0 amide bonds. The van der Waals surface area contributed by atoms with Crippen molar-refractivity contribution < 1.29 is 33.9 Å². The number of para-hydroxylation sites is 1. The molecule has 0 aliphatic carbocycles. The average molecular weight is 851 g/mol. The summed E-state index contributed by atoms with van der Waals surface area (Å²) in [7, 11) is 0. The van der Waals surface area contributed by atoms with Crippen LogP contribution in [0.3, 0.4) is 0 Å². The van der Waals surface area contributed by atoms with E-state index in [0.717, 1.165) is 33.4 Å². The monoisotopic (exact) mass is 851 g/mol. The van der Waals surface area contributed by atoms with Gasteiger partial charge in [-0.2, -0.15) is 0 Å². The molecule has 0 aliphatic rings. The van der Waals surface area contributed by atoms with Crippen molar-refractivity contribution in [3.63, 3.8) is 0 Å². The van der Waals surface area contributed by atoms with E-state index in [1.165, 1.54) is 4.57 Å². The Labute approximate surface area is 405 Å². The molecule has 4 nitrogen and oxygen atoms in total. The van der Waals surface area contributed by atoms with Gasteiger partial charge < -0.3 is 5.11 Å². The van der Waals surface area contributed by atoms with E-state index >= 15 is 0 Å². The van der Waals surface area contributed by atoms with E-state index in [2.05, 4.69) is 0 Å². The molecule has 1 N–H and O–H groups in total. The van der Waals surface area contributed by atoms with Gasteiger partial charge >= 0.3 is 0 Å². The van der Waals surface area contributed by atoms with Gasteiger partial charge in [0.15, 0.2) is 0 Å². The van der Waals surface area contributed by atoms with Crippen molar-refractivity contribution in [2.45, 2.75) is 111 Å². The lowest BCUT2D eigenvalue weighted by molar-refractivity contribution is 0.446. The molecule has 0 radical (unpaired) electrons. The van der Waals surface area contributed by atoms with Crippen LogP contribution in [0.1, 0.15) is 139 Å². The molecule has 63 heavy (non-hydrogen) atoms. The predicted octanol–water partition coefficient (Wildman–Crippen LogP) is 16.0. The molecule has 4 heteroatoms. The minimum atomic E-state index is -4.15. The lowest BCUT2D eigenvalue weighted by atomic mass is 9.78. The van der Waals surface area contributed by atoms with Crippen molar-refractivity contribution in [3.05, 3.63) is 167 Å². The summed E-state index contributed by atoms with van der Waals surface area (Å²) in [5, 5.41) is 13.0. The molecule has 0 saturated carbocycles. The highest BCUT2D eigenvalue weighted by molar-refractivity contribution is 5.97. The second-order valence-corrected chi connectivity index (χ2v) is 18.3. The van der Waals surface area contributed by atoms with Crippen molar-refractivity contribution in [3.8, 4) is 67.5 Å². The molecule has 0 fully saturated rings. The predicted molar refractivity (Wildman–Crippen MR) is 267 cm³/mol. The molecule has 2 heterocycles. The number of phenolic OH excluding ortho intramolecular Hbond substituents is 1. The Kier molecular flexibility index (Phi) is 6.17. The summed E-state index contributed by atoms with van der Waals surface area (Å²) in [6.45, 7) is -15.0. The number of aryl methyl sites for hydroxylation is 1. The summed E-state index contributed by atoms with van der Waals surface area (Å²) in [4.78, 5) is 9.92. The van der Waals surface area contributed by atoms with Crippen molar-refractivity contribution in [2.24, 2.45) is 0 Å². The summed E-state index contributed by atoms with van der Waals surface area (Å²) < 4.78 is 183. The smallest absolute Gasteiger partial charge is 0.149 e. The number of imidazole rings is 1. The van der Waals surface area contributed by atoms with E-state index in [1.54, 1.807) is 60.8 Å². The molecule has 8 aromatic rings. The number of fused-ring (bicyclic) bond motifs is 1. The second kappa shape index (κ2) is 15.8. The van der Waals surface area contributed by atoms with Crippen LogP contribution < -0.4 is 0 Å². The lowest BCUT2D eigenvalue weighted by Crippen LogP contribution is -2.17. The van der Waals surface area contributed by atoms with Gasteiger partial charge in [-0.3, -0.25) is 9.55 Å². The van der Waals surface area contributed by atoms with Crippen LogP contribution in [-0.4, -0.2) is 19.6 Å². The van der Waals surface area contributed by atoms with Crippen LogP contribution in [0, 0.1) is 6.85 Å².